The molecule has 1 rings (SSSR count). The molecule has 0 bridgehead atoms. The van der Waals surface area contributed by atoms with E-state index in [1.165, 1.54) is 10.5 Å². The Balaban J connectivity index is 2.57. The van der Waals surface area contributed by atoms with E-state index >= 15 is 0 Å². The average molecular weight is 266 g/mol. The third-order valence-electron chi connectivity index (χ3n) is 2.81. The zero-order valence-corrected chi connectivity index (χ0v) is 12.3. The Morgan fingerprint density at radius 2 is 1.89 bits per heavy atom. The molecule has 0 aliphatic heterocycles. The van der Waals surface area contributed by atoms with Crippen LogP contribution in [0.2, 0.25) is 0 Å². The zero-order chi connectivity index (χ0) is 13.8. The molecule has 0 spiro atoms. The van der Waals surface area contributed by atoms with Gasteiger partial charge in [0.15, 0.2) is 0 Å². The molecule has 1 amide bonds. The maximum Gasteiger partial charge on any atom is 0.237 e. The normalized spacial score (nSPS) is 13.2. The van der Waals surface area contributed by atoms with Gasteiger partial charge < -0.3 is 0 Å². The molecule has 0 heterocycles. The summed E-state index contributed by atoms with van der Waals surface area (Å²) in [7, 11) is 0. The van der Waals surface area contributed by atoms with E-state index in [-0.39, 0.29) is 17.2 Å². The number of nitrogens with two attached hydrogens (primary N) is 1. The maximum absolute atomic E-state index is 11.3. The van der Waals surface area contributed by atoms with Crippen LogP contribution in [0.1, 0.15) is 33.3 Å². The van der Waals surface area contributed by atoms with Crippen LogP contribution in [0.25, 0.3) is 0 Å². The smallest absolute Gasteiger partial charge is 0.237 e. The molecule has 0 aliphatic rings. The summed E-state index contributed by atoms with van der Waals surface area (Å²) in [6.45, 7) is 8.47. The molecule has 1 aromatic rings. The van der Waals surface area contributed by atoms with E-state index in [2.05, 4.69) is 50.5 Å². The van der Waals surface area contributed by atoms with Gasteiger partial charge in [-0.25, -0.2) is 5.84 Å². The van der Waals surface area contributed by atoms with Crippen LogP contribution < -0.4 is 11.3 Å². The van der Waals surface area contributed by atoms with Crippen molar-refractivity contribution in [3.8, 4) is 0 Å². The SMILES string of the molecule is CC(CSc1ccc(C(C)(C)C)cc1)C(=O)NN. The van der Waals surface area contributed by atoms with Gasteiger partial charge >= 0.3 is 0 Å². The summed E-state index contributed by atoms with van der Waals surface area (Å²) in [4.78, 5) is 12.4. The van der Waals surface area contributed by atoms with Gasteiger partial charge in [-0.2, -0.15) is 0 Å². The quantitative estimate of drug-likeness (QED) is 0.381. The van der Waals surface area contributed by atoms with Gasteiger partial charge in [-0.3, -0.25) is 10.2 Å². The Morgan fingerprint density at radius 1 is 1.33 bits per heavy atom. The average Bonchev–Trinajstić information content (AvgIpc) is 2.34. The second-order valence-corrected chi connectivity index (χ2v) is 6.59. The fraction of sp³-hybridized carbons (Fsp3) is 0.500. The molecule has 0 saturated carbocycles. The molecular weight excluding hydrogens is 244 g/mol. The van der Waals surface area contributed by atoms with E-state index in [0.29, 0.717) is 0 Å². The summed E-state index contributed by atoms with van der Waals surface area (Å²) in [5.41, 5.74) is 3.67. The Morgan fingerprint density at radius 3 is 2.33 bits per heavy atom. The number of benzene rings is 1. The van der Waals surface area contributed by atoms with Crippen molar-refractivity contribution in [2.75, 3.05) is 5.75 Å². The molecule has 1 aromatic carbocycles. The number of carbonyl (C=O) groups excluding carboxylic acids is 1. The van der Waals surface area contributed by atoms with Gasteiger partial charge in [-0.15, -0.1) is 11.8 Å². The number of hydrogen-bond donors (Lipinski definition) is 2. The number of thioether (sulfide) groups is 1. The Labute approximate surface area is 113 Å². The van der Waals surface area contributed by atoms with Gasteiger partial charge in [0.25, 0.3) is 0 Å². The van der Waals surface area contributed by atoms with Gasteiger partial charge in [0.1, 0.15) is 0 Å². The van der Waals surface area contributed by atoms with E-state index in [1.54, 1.807) is 11.8 Å². The summed E-state index contributed by atoms with van der Waals surface area (Å²) in [6.07, 6.45) is 0. The maximum atomic E-state index is 11.3. The third kappa shape index (κ3) is 4.35. The third-order valence-corrected chi connectivity index (χ3v) is 4.08. The first kappa shape index (κ1) is 15.1. The highest BCUT2D eigenvalue weighted by atomic mass is 32.2. The minimum absolute atomic E-state index is 0.0812. The second-order valence-electron chi connectivity index (χ2n) is 5.50. The first-order valence-electron chi connectivity index (χ1n) is 6.08. The van der Waals surface area contributed by atoms with E-state index < -0.39 is 0 Å². The molecule has 4 heteroatoms. The van der Waals surface area contributed by atoms with Crippen LogP contribution in [-0.4, -0.2) is 11.7 Å². The first-order chi connectivity index (χ1) is 8.34. The van der Waals surface area contributed by atoms with Crippen LogP contribution in [0.3, 0.4) is 0 Å². The molecule has 0 aromatic heterocycles. The van der Waals surface area contributed by atoms with Crippen LogP contribution in [0.4, 0.5) is 0 Å². The molecule has 0 fully saturated rings. The number of rotatable bonds is 4. The second kappa shape index (κ2) is 6.25. The lowest BCUT2D eigenvalue weighted by atomic mass is 9.87. The van der Waals surface area contributed by atoms with Crippen LogP contribution in [0, 0.1) is 5.92 Å². The van der Waals surface area contributed by atoms with Gasteiger partial charge in [-0.1, -0.05) is 39.8 Å². The number of carbonyl (C=O) groups is 1. The molecule has 0 aliphatic carbocycles. The Bertz CT molecular complexity index is 395. The van der Waals surface area contributed by atoms with Crippen LogP contribution in [0.15, 0.2) is 29.2 Å². The monoisotopic (exact) mass is 266 g/mol. The lowest BCUT2D eigenvalue weighted by molar-refractivity contribution is -0.123. The molecule has 0 radical (unpaired) electrons. The van der Waals surface area contributed by atoms with Crippen molar-refractivity contribution in [1.82, 2.24) is 5.43 Å². The van der Waals surface area contributed by atoms with Gasteiger partial charge in [0.2, 0.25) is 5.91 Å². The molecule has 0 saturated heterocycles. The number of hydrazine groups is 1. The molecule has 1 atom stereocenters. The van der Waals surface area contributed by atoms with Crippen LogP contribution >= 0.6 is 11.8 Å². The van der Waals surface area contributed by atoms with Crippen molar-refractivity contribution in [1.29, 1.82) is 0 Å². The fourth-order valence-corrected chi connectivity index (χ4v) is 2.41. The van der Waals surface area contributed by atoms with Crippen molar-refractivity contribution in [3.05, 3.63) is 29.8 Å². The fourth-order valence-electron chi connectivity index (χ4n) is 1.49. The minimum Gasteiger partial charge on any atom is -0.294 e. The standard InChI is InChI=1S/C14H22N2OS/c1-10(13(17)16-15)9-18-12-7-5-11(6-8-12)14(2,3)4/h5-8,10H,9,15H2,1-4H3,(H,16,17). The summed E-state index contributed by atoms with van der Waals surface area (Å²) >= 11 is 1.68. The first-order valence-corrected chi connectivity index (χ1v) is 7.07. The van der Waals surface area contributed by atoms with Crippen LogP contribution in [0.5, 0.6) is 0 Å². The van der Waals surface area contributed by atoms with Gasteiger partial charge in [0, 0.05) is 16.6 Å². The van der Waals surface area contributed by atoms with Gasteiger partial charge in [-0.05, 0) is 23.1 Å². The summed E-state index contributed by atoms with van der Waals surface area (Å²) in [5, 5.41) is 0. The summed E-state index contributed by atoms with van der Waals surface area (Å²) < 4.78 is 0. The molecule has 18 heavy (non-hydrogen) atoms. The number of hydrogen-bond acceptors (Lipinski definition) is 3. The zero-order valence-electron chi connectivity index (χ0n) is 11.5. The summed E-state index contributed by atoms with van der Waals surface area (Å²) in [5.74, 6) is 5.64. The number of amides is 1. The van der Waals surface area contributed by atoms with Crippen molar-refractivity contribution >= 4 is 17.7 Å². The topological polar surface area (TPSA) is 55.1 Å². The molecular formula is C14H22N2OS. The van der Waals surface area contributed by atoms with Crippen LogP contribution in [-0.2, 0) is 10.2 Å². The van der Waals surface area contributed by atoms with E-state index in [1.807, 2.05) is 6.92 Å². The highest BCUT2D eigenvalue weighted by Gasteiger charge is 2.14. The lowest BCUT2D eigenvalue weighted by Gasteiger charge is -2.19. The van der Waals surface area contributed by atoms with Gasteiger partial charge in [0.05, 0.1) is 0 Å². The lowest BCUT2D eigenvalue weighted by Crippen LogP contribution is -2.35. The van der Waals surface area contributed by atoms with Crippen molar-refractivity contribution < 1.29 is 4.79 Å². The minimum atomic E-state index is -0.117. The highest BCUT2D eigenvalue weighted by Crippen LogP contribution is 2.26. The predicted octanol–water partition coefficient (Wildman–Crippen LogP) is 2.70. The Hall–Kier alpha value is -1.00. The van der Waals surface area contributed by atoms with Crippen molar-refractivity contribution in [2.45, 2.75) is 38.0 Å². The molecule has 3 N–H and O–H groups in total. The van der Waals surface area contributed by atoms with E-state index in [0.717, 1.165) is 5.75 Å². The number of nitrogens with one attached hydrogen (secondary N) is 1. The molecule has 3 nitrogen and oxygen atoms in total. The molecule has 1 unspecified atom stereocenters. The highest BCUT2D eigenvalue weighted by molar-refractivity contribution is 7.99. The largest absolute Gasteiger partial charge is 0.294 e. The van der Waals surface area contributed by atoms with Crippen molar-refractivity contribution in [2.24, 2.45) is 11.8 Å². The van der Waals surface area contributed by atoms with E-state index in [4.69, 9.17) is 5.84 Å². The summed E-state index contributed by atoms with van der Waals surface area (Å²) in [6, 6.07) is 8.52. The van der Waals surface area contributed by atoms with Crippen molar-refractivity contribution in [3.63, 3.8) is 0 Å². The molecule has 100 valence electrons. The van der Waals surface area contributed by atoms with E-state index in [9.17, 15) is 4.79 Å². The Kier molecular flexibility index (Phi) is 5.23. The predicted molar refractivity (Wildman–Crippen MR) is 77.4 cm³/mol.